The second-order valence-electron chi connectivity index (χ2n) is 7.62. The molecule has 15 nitrogen and oxygen atoms in total. The van der Waals surface area contributed by atoms with Crippen molar-refractivity contribution in [2.24, 2.45) is 33.4 Å². The van der Waals surface area contributed by atoms with Crippen LogP contribution in [0.4, 0.5) is 4.39 Å². The Labute approximate surface area is 205 Å². The van der Waals surface area contributed by atoms with Gasteiger partial charge in [0.25, 0.3) is 5.98 Å². The number of halogens is 1. The van der Waals surface area contributed by atoms with Gasteiger partial charge in [-0.1, -0.05) is 11.8 Å². The van der Waals surface area contributed by atoms with Crippen LogP contribution < -0.4 is 16.8 Å². The number of alkyl halides is 1. The van der Waals surface area contributed by atoms with Crippen LogP contribution in [-0.4, -0.2) is 71.9 Å². The molecule has 3 rings (SSSR count). The second kappa shape index (κ2) is 13.3. The number of nitrogens with zero attached hydrogens (tertiary/aromatic N) is 5. The molecular weight excluding hydrogens is 528 g/mol. The van der Waals surface area contributed by atoms with Gasteiger partial charge < -0.3 is 30.4 Å². The largest absolute Gasteiger partial charge is 0.370 e. The maximum absolute atomic E-state index is 14.6. The van der Waals surface area contributed by atoms with Crippen LogP contribution in [0.15, 0.2) is 10.1 Å². The number of nitrogens with one attached hydrogen (secondary N) is 1. The van der Waals surface area contributed by atoms with E-state index >= 15 is 0 Å². The lowest BCUT2D eigenvalue weighted by Gasteiger charge is -2.31. The fraction of sp³-hybridized carbons (Fsp3) is 0.750. The van der Waals surface area contributed by atoms with Crippen LogP contribution in [-0.2, 0) is 27.4 Å². The van der Waals surface area contributed by atoms with E-state index in [0.29, 0.717) is 6.54 Å². The summed E-state index contributed by atoms with van der Waals surface area (Å²) < 4.78 is 41.4. The highest BCUT2D eigenvalue weighted by atomic mass is 31.2. The minimum absolute atomic E-state index is 0.0241. The summed E-state index contributed by atoms with van der Waals surface area (Å²) in [4.78, 5) is 29.9. The van der Waals surface area contributed by atoms with Crippen molar-refractivity contribution >= 4 is 39.0 Å². The lowest BCUT2D eigenvalue weighted by atomic mass is 9.93. The molecule has 3 aliphatic rings. The maximum Gasteiger partial charge on any atom is 0.286 e. The predicted octanol–water partition coefficient (Wildman–Crippen LogP) is 0.288. The first-order chi connectivity index (χ1) is 16.8. The van der Waals surface area contributed by atoms with Crippen molar-refractivity contribution in [2.45, 2.75) is 43.9 Å². The minimum atomic E-state index is -2.62. The van der Waals surface area contributed by atoms with E-state index in [1.807, 2.05) is 4.90 Å². The molecule has 10 atom stereocenters. The molecule has 0 aromatic heterocycles. The molecule has 0 spiro atoms. The summed E-state index contributed by atoms with van der Waals surface area (Å²) in [5.74, 6) is 1.87. The molecule has 2 saturated heterocycles. The van der Waals surface area contributed by atoms with Gasteiger partial charge in [0.2, 0.25) is 5.91 Å². The van der Waals surface area contributed by atoms with Crippen LogP contribution in [0.25, 0.3) is 10.4 Å². The molecule has 0 bridgehead atoms. The third kappa shape index (κ3) is 7.60. The van der Waals surface area contributed by atoms with E-state index in [4.69, 9.17) is 44.5 Å². The molecule has 194 valence electrons. The Bertz CT molecular complexity index is 902. The van der Waals surface area contributed by atoms with Crippen LogP contribution in [0.2, 0.25) is 0 Å². The van der Waals surface area contributed by atoms with E-state index in [1.54, 1.807) is 0 Å². The van der Waals surface area contributed by atoms with Crippen molar-refractivity contribution in [1.29, 1.82) is 0 Å². The first kappa shape index (κ1) is 28.3. The number of nitrogens with two attached hydrogens (primary N) is 2. The number of rotatable bonds is 11. The molecule has 0 saturated carbocycles. The summed E-state index contributed by atoms with van der Waals surface area (Å²) in [5, 5.41) is 5.56. The Morgan fingerprint density at radius 2 is 2.31 bits per heavy atom. The number of likely N-dealkylation sites (tertiary alicyclic amines) is 1. The Morgan fingerprint density at radius 3 is 3.03 bits per heavy atom. The summed E-state index contributed by atoms with van der Waals surface area (Å²) in [5.41, 5.74) is 19.9. The molecular formula is C16H26FN8O7P3. The second-order valence-corrected chi connectivity index (χ2v) is 10.1. The molecule has 8 unspecified atom stereocenters. The predicted molar refractivity (Wildman–Crippen MR) is 126 cm³/mol. The number of aliphatic imine (C=N–C) groups is 1. The Morgan fingerprint density at radius 1 is 1.51 bits per heavy atom. The molecule has 3 heterocycles. The van der Waals surface area contributed by atoms with Crippen LogP contribution >= 0.6 is 27.1 Å². The number of ether oxygens (including phenoxy) is 2. The molecule has 3 aliphatic heterocycles. The number of carbonyl (C=O) groups is 1. The average Bonchev–Trinajstić information content (AvgIpc) is 3.35. The molecule has 0 aliphatic carbocycles. The van der Waals surface area contributed by atoms with E-state index in [1.165, 1.54) is 0 Å². The Kier molecular flexibility index (Phi) is 10.8. The summed E-state index contributed by atoms with van der Waals surface area (Å²) in [6, 6.07) is 0. The summed E-state index contributed by atoms with van der Waals surface area (Å²) in [6.45, 7) is 1.41. The van der Waals surface area contributed by atoms with Crippen LogP contribution in [0, 0.1) is 23.7 Å². The van der Waals surface area contributed by atoms with E-state index < -0.39 is 63.6 Å². The van der Waals surface area contributed by atoms with Gasteiger partial charge in [-0.2, -0.15) is 0 Å². The smallest absolute Gasteiger partial charge is 0.286 e. The lowest BCUT2D eigenvalue weighted by Crippen LogP contribution is -2.52. The van der Waals surface area contributed by atoms with Gasteiger partial charge in [0.15, 0.2) is 33.1 Å². The van der Waals surface area contributed by atoms with Crippen LogP contribution in [0.1, 0.15) is 13.3 Å². The number of carbonyl (C=O) groups excluding carboxylic acids is 1. The fourth-order valence-corrected chi connectivity index (χ4v) is 5.39. The molecule has 6 N–H and O–H groups in total. The number of hydrogen-bond acceptors (Lipinski definition) is 12. The van der Waals surface area contributed by atoms with E-state index in [9.17, 15) is 9.18 Å². The van der Waals surface area contributed by atoms with Gasteiger partial charge >= 0.3 is 0 Å². The van der Waals surface area contributed by atoms with Gasteiger partial charge in [0.1, 0.15) is 18.5 Å². The number of guanidine groups is 1. The van der Waals surface area contributed by atoms with E-state index in [-0.39, 0.29) is 37.4 Å². The summed E-state index contributed by atoms with van der Waals surface area (Å²) in [7, 11) is -1.54. The average molecular weight is 554 g/mol. The van der Waals surface area contributed by atoms with Crippen molar-refractivity contribution < 1.29 is 36.7 Å². The highest BCUT2D eigenvalue weighted by molar-refractivity contribution is 7.46. The van der Waals surface area contributed by atoms with Gasteiger partial charge in [-0.25, -0.2) is 9.38 Å². The molecule has 0 radical (unpaired) electrons. The van der Waals surface area contributed by atoms with E-state index in [2.05, 4.69) is 32.2 Å². The third-order valence-corrected chi connectivity index (χ3v) is 6.98. The lowest BCUT2D eigenvalue weighted by molar-refractivity contribution is -0.178. The first-order valence-corrected chi connectivity index (χ1v) is 12.8. The zero-order valence-corrected chi connectivity index (χ0v) is 21.5. The number of fused-ring (bicyclic) bond motifs is 1. The Hall–Kier alpha value is -1.29. The quantitative estimate of drug-likeness (QED) is 0.0521. The van der Waals surface area contributed by atoms with Crippen LogP contribution in [0.3, 0.4) is 0 Å². The highest BCUT2D eigenvalue weighted by Gasteiger charge is 2.53. The number of hydrogen-bond donors (Lipinski definition) is 4. The third-order valence-electron chi connectivity index (χ3n) is 5.33. The van der Waals surface area contributed by atoms with Crippen molar-refractivity contribution in [3.63, 3.8) is 0 Å². The SMILES string of the molecule is CC(F)(N=[N+]=[N-])OC1C[C@H](N2CC(C#CCN)C3C(=O)NC(N)=NC32)O[C@@H]1COPOPOPO. The molecule has 0 aromatic carbocycles. The zero-order valence-electron chi connectivity index (χ0n) is 18.5. The standard InChI is InChI=1S/C16H26FN8O7P3/c1-16(17,23-24-20)30-9-5-11(29-10(9)7-28-34-32-35-31-33-27)25-6-8(3-2-4-18)12-13(25)21-15(19)22-14(12)26/h8-13,27,33-35H,4-7,18H2,1H3,(H3,19,21,22,26)/t8?,9?,10-,11-,12?,13?,16?/m1/s1. The summed E-state index contributed by atoms with van der Waals surface area (Å²) >= 11 is 0. The van der Waals surface area contributed by atoms with Gasteiger partial charge in [-0.3, -0.25) is 23.6 Å². The number of amides is 1. The van der Waals surface area contributed by atoms with E-state index in [0.717, 1.165) is 6.92 Å². The van der Waals surface area contributed by atoms with Gasteiger partial charge in [-0.05, 0) is 10.6 Å². The highest BCUT2D eigenvalue weighted by Crippen LogP contribution is 2.40. The molecule has 2 fully saturated rings. The molecule has 35 heavy (non-hydrogen) atoms. The molecule has 1 amide bonds. The van der Waals surface area contributed by atoms with Crippen molar-refractivity contribution in [3.8, 4) is 11.8 Å². The number of azide groups is 1. The fourth-order valence-electron chi connectivity index (χ4n) is 4.09. The van der Waals surface area contributed by atoms with Crippen molar-refractivity contribution in [3.05, 3.63) is 10.4 Å². The molecule has 19 heteroatoms. The van der Waals surface area contributed by atoms with Crippen LogP contribution in [0.5, 0.6) is 0 Å². The maximum atomic E-state index is 14.6. The topological polar surface area (TPSA) is 212 Å². The summed E-state index contributed by atoms with van der Waals surface area (Å²) in [6.07, 6.45) is -2.78. The van der Waals surface area contributed by atoms with Gasteiger partial charge in [-0.15, -0.1) is 0 Å². The molecule has 0 aromatic rings. The zero-order chi connectivity index (χ0) is 25.4. The van der Waals surface area contributed by atoms with Crippen molar-refractivity contribution in [1.82, 2.24) is 10.2 Å². The minimum Gasteiger partial charge on any atom is -0.370 e. The monoisotopic (exact) mass is 554 g/mol. The normalized spacial score (nSPS) is 33.0. The van der Waals surface area contributed by atoms with Crippen molar-refractivity contribution in [2.75, 3.05) is 19.7 Å². The first-order valence-electron chi connectivity index (χ1n) is 10.3. The Balaban J connectivity index is 1.75. The van der Waals surface area contributed by atoms with Gasteiger partial charge in [0, 0.05) is 30.7 Å². The van der Waals surface area contributed by atoms with Gasteiger partial charge in [0.05, 0.1) is 25.2 Å².